The smallest absolute Gasteiger partial charge is 0.00168 e. The first-order valence-corrected chi connectivity index (χ1v) is 8.55. The van der Waals surface area contributed by atoms with E-state index in [-0.39, 0.29) is 0 Å². The minimum Gasteiger partial charge on any atom is -0.0620 e. The Morgan fingerprint density at radius 3 is 1.29 bits per heavy atom. The van der Waals surface area contributed by atoms with Crippen molar-refractivity contribution in [3.05, 3.63) is 105 Å². The van der Waals surface area contributed by atoms with Crippen molar-refractivity contribution < 1.29 is 0 Å². The number of rotatable bonds is 4. The van der Waals surface area contributed by atoms with Gasteiger partial charge >= 0.3 is 0 Å². The van der Waals surface area contributed by atoms with Crippen molar-refractivity contribution in [1.82, 2.24) is 0 Å². The van der Waals surface area contributed by atoms with Gasteiger partial charge in [0.05, 0.1) is 0 Å². The Kier molecular flexibility index (Phi) is 3.02. The van der Waals surface area contributed by atoms with E-state index in [1.54, 1.807) is 0 Å². The summed E-state index contributed by atoms with van der Waals surface area (Å²) < 4.78 is 0. The third-order valence-electron chi connectivity index (χ3n) is 5.20. The largest absolute Gasteiger partial charge is 0.0620 e. The Balaban J connectivity index is 1.48. The van der Waals surface area contributed by atoms with Crippen LogP contribution in [0.5, 0.6) is 0 Å². The predicted molar refractivity (Wildman–Crippen MR) is 103 cm³/mol. The lowest BCUT2D eigenvalue weighted by atomic mass is 9.86. The van der Waals surface area contributed by atoms with E-state index in [4.69, 9.17) is 0 Å². The summed E-state index contributed by atoms with van der Waals surface area (Å²) >= 11 is 0. The molecule has 0 saturated heterocycles. The molecule has 24 heavy (non-hydrogen) atoms. The maximum atomic E-state index is 2.28. The zero-order valence-electron chi connectivity index (χ0n) is 13.5. The zero-order valence-corrected chi connectivity index (χ0v) is 13.5. The lowest BCUT2D eigenvalue weighted by molar-refractivity contribution is 1.08. The van der Waals surface area contributed by atoms with Crippen LogP contribution >= 0.6 is 0 Å². The molecule has 0 nitrogen and oxygen atoms in total. The number of hydrogen-bond donors (Lipinski definition) is 0. The molecule has 0 unspecified atom stereocenters. The van der Waals surface area contributed by atoms with Crippen LogP contribution in [0.2, 0.25) is 0 Å². The molecule has 3 aromatic carbocycles. The molecule has 0 fully saturated rings. The first-order chi connectivity index (χ1) is 11.9. The highest BCUT2D eigenvalue weighted by molar-refractivity contribution is 5.88. The summed E-state index contributed by atoms with van der Waals surface area (Å²) in [5.74, 6) is 0. The van der Waals surface area contributed by atoms with Crippen molar-refractivity contribution in [2.75, 3.05) is 0 Å². The van der Waals surface area contributed by atoms with Crippen LogP contribution in [-0.2, 0) is 12.8 Å². The van der Waals surface area contributed by atoms with Gasteiger partial charge in [0.2, 0.25) is 0 Å². The summed E-state index contributed by atoms with van der Waals surface area (Å²) in [5.41, 5.74) is 11.3. The first kappa shape index (κ1) is 13.6. The second kappa shape index (κ2) is 5.35. The third-order valence-corrected chi connectivity index (χ3v) is 5.20. The Hall–Kier alpha value is -2.86. The van der Waals surface area contributed by atoms with Gasteiger partial charge in [-0.1, -0.05) is 85.0 Å². The van der Waals surface area contributed by atoms with E-state index in [2.05, 4.69) is 85.0 Å². The molecule has 2 aliphatic rings. The normalized spacial score (nSPS) is 13.0. The summed E-state index contributed by atoms with van der Waals surface area (Å²) in [7, 11) is 0. The Morgan fingerprint density at radius 2 is 0.875 bits per heavy atom. The molecule has 0 heteroatoms. The molecule has 0 bridgehead atoms. The van der Waals surface area contributed by atoms with Gasteiger partial charge in [0.1, 0.15) is 0 Å². The van der Waals surface area contributed by atoms with Crippen molar-refractivity contribution in [3.8, 4) is 0 Å². The van der Waals surface area contributed by atoms with Crippen molar-refractivity contribution in [3.63, 3.8) is 0 Å². The standard InChI is InChI=1S/C24H18/c1-2-6-20(16-22-10-4-8-18-12-14-24(18)22)19(5-1)15-21-9-3-7-17-11-13-23(17)21/h1-14H,15-16H2. The van der Waals surface area contributed by atoms with Gasteiger partial charge in [-0.2, -0.15) is 0 Å². The van der Waals surface area contributed by atoms with E-state index < -0.39 is 0 Å². The molecule has 3 aromatic rings. The molecule has 0 aliphatic heterocycles. The molecule has 0 radical (unpaired) electrons. The average Bonchev–Trinajstić information content (AvgIpc) is 2.53. The molecule has 0 aromatic heterocycles. The fourth-order valence-electron chi connectivity index (χ4n) is 3.74. The van der Waals surface area contributed by atoms with Crippen LogP contribution in [0.1, 0.15) is 44.5 Å². The zero-order chi connectivity index (χ0) is 15.9. The van der Waals surface area contributed by atoms with Gasteiger partial charge in [-0.25, -0.2) is 0 Å². The minimum atomic E-state index is 1.01. The predicted octanol–water partition coefficient (Wildman–Crippen LogP) is 5.84. The molecule has 114 valence electrons. The highest BCUT2D eigenvalue weighted by Crippen LogP contribution is 2.31. The Bertz CT molecular complexity index is 920. The third kappa shape index (κ3) is 2.15. The van der Waals surface area contributed by atoms with Crippen molar-refractivity contribution in [2.45, 2.75) is 12.8 Å². The molecule has 0 atom stereocenters. The number of fused-ring (bicyclic) bond motifs is 2. The lowest BCUT2D eigenvalue weighted by Crippen LogP contribution is -2.03. The van der Waals surface area contributed by atoms with Gasteiger partial charge in [0, 0.05) is 0 Å². The summed E-state index contributed by atoms with van der Waals surface area (Å²) in [5, 5.41) is 0. The van der Waals surface area contributed by atoms with E-state index in [0.29, 0.717) is 0 Å². The molecule has 0 N–H and O–H groups in total. The summed E-state index contributed by atoms with van der Waals surface area (Å²) in [4.78, 5) is 0. The monoisotopic (exact) mass is 306 g/mol. The van der Waals surface area contributed by atoms with E-state index in [1.807, 2.05) is 0 Å². The highest BCUT2D eigenvalue weighted by Gasteiger charge is 2.14. The SMILES string of the molecule is C1=Cc2c1cccc2Cc1ccccc1Cc1cccc2c1C=C2. The van der Waals surface area contributed by atoms with Gasteiger partial charge in [0.25, 0.3) is 0 Å². The summed E-state index contributed by atoms with van der Waals surface area (Å²) in [6, 6.07) is 22.1. The van der Waals surface area contributed by atoms with E-state index in [0.717, 1.165) is 12.8 Å². The fraction of sp³-hybridized carbons (Fsp3) is 0.0833. The van der Waals surface area contributed by atoms with Gasteiger partial charge in [0.15, 0.2) is 0 Å². The van der Waals surface area contributed by atoms with Crippen molar-refractivity contribution >= 4 is 24.3 Å². The molecular weight excluding hydrogens is 288 g/mol. The van der Waals surface area contributed by atoms with Crippen LogP contribution in [0.15, 0.2) is 60.7 Å². The van der Waals surface area contributed by atoms with Gasteiger partial charge in [-0.05, 0) is 57.3 Å². The molecule has 0 amide bonds. The van der Waals surface area contributed by atoms with Crippen LogP contribution in [0.4, 0.5) is 0 Å². The first-order valence-electron chi connectivity index (χ1n) is 8.55. The minimum absolute atomic E-state index is 1.01. The van der Waals surface area contributed by atoms with Crippen LogP contribution in [0.3, 0.4) is 0 Å². The van der Waals surface area contributed by atoms with Crippen molar-refractivity contribution in [2.24, 2.45) is 0 Å². The summed E-state index contributed by atoms with van der Waals surface area (Å²) in [6.45, 7) is 0. The van der Waals surface area contributed by atoms with Gasteiger partial charge in [-0.3, -0.25) is 0 Å². The number of benzene rings is 3. The topological polar surface area (TPSA) is 0 Å². The van der Waals surface area contributed by atoms with Crippen LogP contribution in [0.25, 0.3) is 24.3 Å². The average molecular weight is 306 g/mol. The molecule has 0 saturated carbocycles. The van der Waals surface area contributed by atoms with Crippen LogP contribution in [-0.4, -0.2) is 0 Å². The number of hydrogen-bond acceptors (Lipinski definition) is 0. The summed E-state index contributed by atoms with van der Waals surface area (Å²) in [6.07, 6.45) is 10.9. The lowest BCUT2D eigenvalue weighted by Gasteiger charge is -2.19. The molecule has 0 spiro atoms. The Morgan fingerprint density at radius 1 is 0.417 bits per heavy atom. The second-order valence-electron chi connectivity index (χ2n) is 6.63. The van der Waals surface area contributed by atoms with E-state index >= 15 is 0 Å². The molecule has 5 rings (SSSR count). The molecule has 2 aliphatic carbocycles. The second-order valence-corrected chi connectivity index (χ2v) is 6.63. The van der Waals surface area contributed by atoms with E-state index in [1.165, 1.54) is 44.5 Å². The van der Waals surface area contributed by atoms with Gasteiger partial charge < -0.3 is 0 Å². The molecule has 0 heterocycles. The highest BCUT2D eigenvalue weighted by atomic mass is 14.2. The van der Waals surface area contributed by atoms with E-state index in [9.17, 15) is 0 Å². The quantitative estimate of drug-likeness (QED) is 0.391. The van der Waals surface area contributed by atoms with Gasteiger partial charge in [-0.15, -0.1) is 0 Å². The van der Waals surface area contributed by atoms with Crippen LogP contribution in [0, 0.1) is 0 Å². The molecular formula is C24H18. The van der Waals surface area contributed by atoms with Crippen LogP contribution < -0.4 is 0 Å². The Labute approximate surface area is 142 Å². The maximum Gasteiger partial charge on any atom is -0.00168 e. The maximum absolute atomic E-state index is 2.28. The van der Waals surface area contributed by atoms with Crippen molar-refractivity contribution in [1.29, 1.82) is 0 Å². The fourth-order valence-corrected chi connectivity index (χ4v) is 3.74.